The van der Waals surface area contributed by atoms with Gasteiger partial charge in [0.05, 0.1) is 12.0 Å². The molecule has 7 heteroatoms. The Balaban J connectivity index is 1.56. The predicted molar refractivity (Wildman–Crippen MR) is 101 cm³/mol. The number of piperidine rings is 1. The first-order chi connectivity index (χ1) is 12.7. The van der Waals surface area contributed by atoms with Crippen LogP contribution in [0.1, 0.15) is 61.7 Å². The Hall–Kier alpha value is -1.73. The molecule has 142 valence electrons. The van der Waals surface area contributed by atoms with Crippen molar-refractivity contribution in [1.29, 1.82) is 0 Å². The summed E-state index contributed by atoms with van der Waals surface area (Å²) in [6.45, 7) is 6.49. The van der Waals surface area contributed by atoms with Gasteiger partial charge in [0.15, 0.2) is 11.6 Å². The highest BCUT2D eigenvalue weighted by molar-refractivity contribution is 5.25. The van der Waals surface area contributed by atoms with Gasteiger partial charge < -0.3 is 15.2 Å². The summed E-state index contributed by atoms with van der Waals surface area (Å²) in [6, 6.07) is 0.0561. The molecule has 2 aliphatic rings. The number of aromatic nitrogens is 5. The van der Waals surface area contributed by atoms with Crippen molar-refractivity contribution in [1.82, 2.24) is 34.9 Å². The highest BCUT2D eigenvalue weighted by atomic mass is 15.4. The van der Waals surface area contributed by atoms with Crippen LogP contribution < -0.4 is 5.32 Å². The Morgan fingerprint density at radius 2 is 2.12 bits per heavy atom. The van der Waals surface area contributed by atoms with E-state index < -0.39 is 0 Å². The topological polar surface area (TPSA) is 74.7 Å². The lowest BCUT2D eigenvalue weighted by Crippen LogP contribution is -2.33. The lowest BCUT2D eigenvalue weighted by molar-refractivity contribution is 0.217. The highest BCUT2D eigenvalue weighted by Crippen LogP contribution is 2.26. The maximum absolute atomic E-state index is 5.00. The fraction of sp³-hybridized carbons (Fsp3) is 0.737. The Bertz CT molecular complexity index is 711. The minimum atomic E-state index is 0.0561. The molecule has 1 fully saturated rings. The molecule has 2 aromatic rings. The zero-order valence-electron chi connectivity index (χ0n) is 16.0. The van der Waals surface area contributed by atoms with Crippen LogP contribution in [0.4, 0.5) is 0 Å². The van der Waals surface area contributed by atoms with Crippen LogP contribution in [0.5, 0.6) is 0 Å². The number of rotatable bonds is 6. The van der Waals surface area contributed by atoms with Gasteiger partial charge in [-0.2, -0.15) is 5.10 Å². The molecule has 0 spiro atoms. The van der Waals surface area contributed by atoms with Crippen molar-refractivity contribution in [2.75, 3.05) is 26.7 Å². The van der Waals surface area contributed by atoms with E-state index in [0.717, 1.165) is 56.1 Å². The SMILES string of the molecule is CCCCn1nc(CC2CCN(C)CC2)nc1[C@@H]1NCCc2[nH]cnc21. The van der Waals surface area contributed by atoms with Gasteiger partial charge >= 0.3 is 0 Å². The number of likely N-dealkylation sites (tertiary alicyclic amines) is 1. The first kappa shape index (κ1) is 17.7. The monoisotopic (exact) mass is 357 g/mol. The van der Waals surface area contributed by atoms with E-state index in [-0.39, 0.29) is 6.04 Å². The second-order valence-electron chi connectivity index (χ2n) is 7.82. The van der Waals surface area contributed by atoms with Crippen LogP contribution in [0.3, 0.4) is 0 Å². The normalized spacial score (nSPS) is 21.8. The number of aryl methyl sites for hydroxylation is 1. The van der Waals surface area contributed by atoms with Gasteiger partial charge in [-0.05, 0) is 45.3 Å². The Morgan fingerprint density at radius 1 is 1.27 bits per heavy atom. The molecule has 4 rings (SSSR count). The largest absolute Gasteiger partial charge is 0.348 e. The van der Waals surface area contributed by atoms with Crippen LogP contribution in [-0.2, 0) is 19.4 Å². The van der Waals surface area contributed by atoms with Crippen LogP contribution in [0, 0.1) is 5.92 Å². The Labute approximate surface area is 155 Å². The average Bonchev–Trinajstić information content (AvgIpc) is 3.28. The third-order valence-corrected chi connectivity index (χ3v) is 5.78. The average molecular weight is 358 g/mol. The molecule has 7 nitrogen and oxygen atoms in total. The zero-order valence-corrected chi connectivity index (χ0v) is 16.0. The molecule has 0 bridgehead atoms. The van der Waals surface area contributed by atoms with Gasteiger partial charge in [0.2, 0.25) is 0 Å². The summed E-state index contributed by atoms with van der Waals surface area (Å²) in [5.74, 6) is 2.76. The number of hydrogen-bond acceptors (Lipinski definition) is 5. The second-order valence-corrected chi connectivity index (χ2v) is 7.82. The molecule has 1 saturated heterocycles. The van der Waals surface area contributed by atoms with E-state index in [9.17, 15) is 0 Å². The molecular formula is C19H31N7. The van der Waals surface area contributed by atoms with Crippen LogP contribution in [0.2, 0.25) is 0 Å². The number of H-pyrrole nitrogens is 1. The fourth-order valence-electron chi connectivity index (χ4n) is 4.13. The molecular weight excluding hydrogens is 326 g/mol. The summed E-state index contributed by atoms with van der Waals surface area (Å²) in [7, 11) is 2.21. The van der Waals surface area contributed by atoms with Gasteiger partial charge in [-0.1, -0.05) is 13.3 Å². The number of hydrogen-bond donors (Lipinski definition) is 2. The molecule has 0 amide bonds. The third-order valence-electron chi connectivity index (χ3n) is 5.78. The smallest absolute Gasteiger partial charge is 0.151 e. The van der Waals surface area contributed by atoms with Crippen LogP contribution in [-0.4, -0.2) is 56.3 Å². The van der Waals surface area contributed by atoms with E-state index in [1.807, 2.05) is 0 Å². The fourth-order valence-corrected chi connectivity index (χ4v) is 4.13. The molecule has 2 N–H and O–H groups in total. The quantitative estimate of drug-likeness (QED) is 0.826. The minimum absolute atomic E-state index is 0.0561. The van der Waals surface area contributed by atoms with E-state index >= 15 is 0 Å². The van der Waals surface area contributed by atoms with Crippen molar-refractivity contribution in [2.24, 2.45) is 5.92 Å². The number of fused-ring (bicyclic) bond motifs is 1. The van der Waals surface area contributed by atoms with Gasteiger partial charge in [0.1, 0.15) is 6.04 Å². The van der Waals surface area contributed by atoms with E-state index in [2.05, 4.69) is 38.8 Å². The molecule has 0 aliphatic carbocycles. The van der Waals surface area contributed by atoms with Crippen molar-refractivity contribution in [3.8, 4) is 0 Å². The van der Waals surface area contributed by atoms with Crippen molar-refractivity contribution in [3.63, 3.8) is 0 Å². The highest BCUT2D eigenvalue weighted by Gasteiger charge is 2.29. The number of nitrogens with one attached hydrogen (secondary N) is 2. The van der Waals surface area contributed by atoms with E-state index in [1.165, 1.54) is 31.6 Å². The lowest BCUT2D eigenvalue weighted by Gasteiger charge is -2.28. The molecule has 1 atom stereocenters. The number of unbranched alkanes of at least 4 members (excludes halogenated alkanes) is 1. The van der Waals surface area contributed by atoms with Crippen molar-refractivity contribution >= 4 is 0 Å². The Kier molecular flexibility index (Phi) is 5.36. The zero-order chi connectivity index (χ0) is 17.9. The molecule has 0 aromatic carbocycles. The number of aromatic amines is 1. The predicted octanol–water partition coefficient (Wildman–Crippen LogP) is 1.92. The summed E-state index contributed by atoms with van der Waals surface area (Å²) in [6.07, 6.45) is 8.59. The van der Waals surface area contributed by atoms with Crippen molar-refractivity contribution in [3.05, 3.63) is 29.4 Å². The van der Waals surface area contributed by atoms with E-state index in [1.54, 1.807) is 6.33 Å². The van der Waals surface area contributed by atoms with Gasteiger partial charge in [-0.15, -0.1) is 0 Å². The van der Waals surface area contributed by atoms with E-state index in [0.29, 0.717) is 5.92 Å². The first-order valence-electron chi connectivity index (χ1n) is 10.1. The molecule has 4 heterocycles. The second kappa shape index (κ2) is 7.88. The summed E-state index contributed by atoms with van der Waals surface area (Å²) in [5.41, 5.74) is 2.32. The summed E-state index contributed by atoms with van der Waals surface area (Å²) in [5, 5.41) is 8.51. The number of imidazole rings is 1. The maximum Gasteiger partial charge on any atom is 0.151 e. The number of nitrogens with zero attached hydrogens (tertiary/aromatic N) is 5. The van der Waals surface area contributed by atoms with Crippen molar-refractivity contribution in [2.45, 2.75) is 58.0 Å². The summed E-state index contributed by atoms with van der Waals surface area (Å²) >= 11 is 0. The summed E-state index contributed by atoms with van der Waals surface area (Å²) < 4.78 is 2.13. The van der Waals surface area contributed by atoms with Crippen LogP contribution in [0.25, 0.3) is 0 Å². The maximum atomic E-state index is 5.00. The van der Waals surface area contributed by atoms with Crippen LogP contribution in [0.15, 0.2) is 6.33 Å². The first-order valence-corrected chi connectivity index (χ1v) is 10.1. The van der Waals surface area contributed by atoms with Gasteiger partial charge in [-0.25, -0.2) is 14.6 Å². The van der Waals surface area contributed by atoms with Gasteiger partial charge in [-0.3, -0.25) is 0 Å². The Morgan fingerprint density at radius 3 is 2.92 bits per heavy atom. The van der Waals surface area contributed by atoms with Gasteiger partial charge in [0, 0.05) is 31.6 Å². The molecule has 0 unspecified atom stereocenters. The molecule has 2 aromatic heterocycles. The standard InChI is InChI=1S/C19H31N7/c1-3-4-9-26-19(18-17-15(5-8-20-18)21-13-22-17)23-16(24-26)12-14-6-10-25(2)11-7-14/h13-14,18,20H,3-12H2,1-2H3,(H,21,22)/t18-/m1/s1. The molecule has 2 aliphatic heterocycles. The molecule has 0 saturated carbocycles. The minimum Gasteiger partial charge on any atom is -0.348 e. The van der Waals surface area contributed by atoms with Crippen molar-refractivity contribution < 1.29 is 0 Å². The molecule has 0 radical (unpaired) electrons. The molecule has 26 heavy (non-hydrogen) atoms. The van der Waals surface area contributed by atoms with Crippen LogP contribution >= 0.6 is 0 Å². The third kappa shape index (κ3) is 3.69. The lowest BCUT2D eigenvalue weighted by atomic mass is 9.93. The summed E-state index contributed by atoms with van der Waals surface area (Å²) in [4.78, 5) is 15.3. The van der Waals surface area contributed by atoms with Gasteiger partial charge in [0.25, 0.3) is 0 Å². The van der Waals surface area contributed by atoms with E-state index in [4.69, 9.17) is 10.1 Å².